The Hall–Kier alpha value is -2.34. The molecule has 1 heterocycles. The van der Waals surface area contributed by atoms with Gasteiger partial charge in [-0.3, -0.25) is 9.59 Å². The zero-order valence-electron chi connectivity index (χ0n) is 11.2. The van der Waals surface area contributed by atoms with Gasteiger partial charge in [-0.05, 0) is 5.56 Å². The smallest absolute Gasteiger partial charge is 0.285 e. The summed E-state index contributed by atoms with van der Waals surface area (Å²) in [5.41, 5.74) is 0.993. The van der Waals surface area contributed by atoms with Crippen molar-refractivity contribution in [1.29, 1.82) is 0 Å². The van der Waals surface area contributed by atoms with Gasteiger partial charge in [0.05, 0.1) is 11.9 Å². The maximum absolute atomic E-state index is 11.7. The zero-order chi connectivity index (χ0) is 15.1. The van der Waals surface area contributed by atoms with Crippen LogP contribution in [-0.2, 0) is 11.3 Å². The summed E-state index contributed by atoms with van der Waals surface area (Å²) in [5, 5.41) is 11.6. The van der Waals surface area contributed by atoms with Crippen molar-refractivity contribution in [3.63, 3.8) is 0 Å². The number of nitrogens with zero attached hydrogens (tertiary/aromatic N) is 1. The average molecular weight is 307 g/mol. The van der Waals surface area contributed by atoms with Gasteiger partial charge in [0.2, 0.25) is 5.91 Å². The van der Waals surface area contributed by atoms with Crippen molar-refractivity contribution < 1.29 is 4.79 Å². The highest BCUT2D eigenvalue weighted by atomic mass is 35.5. The summed E-state index contributed by atoms with van der Waals surface area (Å²) < 4.78 is 0. The molecule has 0 atom stereocenters. The van der Waals surface area contributed by atoms with Crippen molar-refractivity contribution in [2.75, 3.05) is 11.9 Å². The SMILES string of the molecule is O=C(CCNc1cn[nH]c(=O)c1Cl)NCc1ccccc1. The lowest BCUT2D eigenvalue weighted by molar-refractivity contribution is -0.121. The standard InChI is InChI=1S/C14H15ClN4O2/c15-13-11(9-18-19-14(13)21)16-7-6-12(20)17-8-10-4-2-1-3-5-10/h1-5,9H,6-8H2,(H,17,20)(H2,16,19,21). The molecule has 3 N–H and O–H groups in total. The fourth-order valence-corrected chi connectivity index (χ4v) is 1.86. The van der Waals surface area contributed by atoms with Crippen LogP contribution in [0, 0.1) is 0 Å². The van der Waals surface area contributed by atoms with Crippen LogP contribution in [0.1, 0.15) is 12.0 Å². The normalized spacial score (nSPS) is 10.1. The third kappa shape index (κ3) is 4.61. The molecule has 0 bridgehead atoms. The number of hydrogen-bond acceptors (Lipinski definition) is 4. The summed E-state index contributed by atoms with van der Waals surface area (Å²) in [6, 6.07) is 9.66. The number of nitrogens with one attached hydrogen (secondary N) is 3. The van der Waals surface area contributed by atoms with Crippen LogP contribution in [0.4, 0.5) is 5.69 Å². The maximum atomic E-state index is 11.7. The molecule has 7 heteroatoms. The second kappa shape index (κ2) is 7.44. The molecule has 0 unspecified atom stereocenters. The molecule has 21 heavy (non-hydrogen) atoms. The first-order valence-corrected chi connectivity index (χ1v) is 6.82. The van der Waals surface area contributed by atoms with E-state index < -0.39 is 5.56 Å². The maximum Gasteiger partial charge on any atom is 0.285 e. The highest BCUT2D eigenvalue weighted by Gasteiger charge is 2.05. The van der Waals surface area contributed by atoms with Crippen molar-refractivity contribution in [1.82, 2.24) is 15.5 Å². The zero-order valence-corrected chi connectivity index (χ0v) is 12.0. The molecule has 1 aromatic carbocycles. The van der Waals surface area contributed by atoms with Crippen LogP contribution in [0.25, 0.3) is 0 Å². The van der Waals surface area contributed by atoms with E-state index in [1.54, 1.807) is 0 Å². The number of hydrogen-bond donors (Lipinski definition) is 3. The van der Waals surface area contributed by atoms with E-state index >= 15 is 0 Å². The molecule has 0 spiro atoms. The van der Waals surface area contributed by atoms with Gasteiger partial charge in [-0.25, -0.2) is 5.10 Å². The second-order valence-electron chi connectivity index (χ2n) is 4.37. The van der Waals surface area contributed by atoms with Gasteiger partial charge in [-0.1, -0.05) is 41.9 Å². The van der Waals surface area contributed by atoms with E-state index in [0.29, 0.717) is 18.8 Å². The summed E-state index contributed by atoms with van der Waals surface area (Å²) in [6.07, 6.45) is 1.68. The molecule has 0 saturated heterocycles. The monoisotopic (exact) mass is 306 g/mol. The number of halogens is 1. The Kier molecular flexibility index (Phi) is 5.34. The summed E-state index contributed by atoms with van der Waals surface area (Å²) in [6.45, 7) is 0.860. The molecule has 110 valence electrons. The first kappa shape index (κ1) is 15.1. The molecule has 6 nitrogen and oxygen atoms in total. The van der Waals surface area contributed by atoms with E-state index in [-0.39, 0.29) is 17.4 Å². The Morgan fingerprint density at radius 1 is 1.29 bits per heavy atom. The topological polar surface area (TPSA) is 86.9 Å². The van der Waals surface area contributed by atoms with Gasteiger partial charge in [-0.2, -0.15) is 5.10 Å². The van der Waals surface area contributed by atoms with E-state index in [9.17, 15) is 9.59 Å². The second-order valence-corrected chi connectivity index (χ2v) is 4.74. The molecule has 1 amide bonds. The van der Waals surface area contributed by atoms with Gasteiger partial charge in [0.25, 0.3) is 5.56 Å². The molecular formula is C14H15ClN4O2. The van der Waals surface area contributed by atoms with Gasteiger partial charge in [0.1, 0.15) is 5.02 Å². The van der Waals surface area contributed by atoms with Gasteiger partial charge < -0.3 is 10.6 Å². The van der Waals surface area contributed by atoms with Crippen molar-refractivity contribution in [3.05, 3.63) is 57.5 Å². The van der Waals surface area contributed by atoms with Gasteiger partial charge in [-0.15, -0.1) is 0 Å². The predicted molar refractivity (Wildman–Crippen MR) is 81.3 cm³/mol. The van der Waals surface area contributed by atoms with Crippen LogP contribution in [0.15, 0.2) is 41.3 Å². The first-order chi connectivity index (χ1) is 10.2. The molecule has 2 rings (SSSR count). The largest absolute Gasteiger partial charge is 0.382 e. The lowest BCUT2D eigenvalue weighted by atomic mass is 10.2. The van der Waals surface area contributed by atoms with Crippen molar-refractivity contribution in [2.45, 2.75) is 13.0 Å². The Morgan fingerprint density at radius 3 is 2.81 bits per heavy atom. The van der Waals surface area contributed by atoms with Crippen LogP contribution >= 0.6 is 11.6 Å². The fourth-order valence-electron chi connectivity index (χ4n) is 1.70. The van der Waals surface area contributed by atoms with Gasteiger partial charge in [0.15, 0.2) is 0 Å². The molecular weight excluding hydrogens is 292 g/mol. The third-order valence-electron chi connectivity index (χ3n) is 2.80. The number of carbonyl (C=O) groups is 1. The Bertz CT molecular complexity index is 658. The lowest BCUT2D eigenvalue weighted by Crippen LogP contribution is -2.25. The van der Waals surface area contributed by atoms with Crippen LogP contribution < -0.4 is 16.2 Å². The lowest BCUT2D eigenvalue weighted by Gasteiger charge is -2.08. The molecule has 0 aliphatic carbocycles. The van der Waals surface area contributed by atoms with E-state index in [0.717, 1.165) is 5.56 Å². The minimum atomic E-state index is -0.463. The van der Waals surface area contributed by atoms with Crippen molar-refractivity contribution >= 4 is 23.2 Å². The number of amides is 1. The molecule has 0 aliphatic rings. The number of H-pyrrole nitrogens is 1. The van der Waals surface area contributed by atoms with Crippen LogP contribution in [0.3, 0.4) is 0 Å². The molecule has 0 saturated carbocycles. The van der Waals surface area contributed by atoms with E-state index in [4.69, 9.17) is 11.6 Å². The number of aromatic nitrogens is 2. The third-order valence-corrected chi connectivity index (χ3v) is 3.17. The van der Waals surface area contributed by atoms with Crippen LogP contribution in [0.5, 0.6) is 0 Å². The number of benzene rings is 1. The summed E-state index contributed by atoms with van der Waals surface area (Å²) in [4.78, 5) is 22.9. The number of rotatable bonds is 6. The summed E-state index contributed by atoms with van der Waals surface area (Å²) >= 11 is 5.80. The van der Waals surface area contributed by atoms with Crippen molar-refractivity contribution in [3.8, 4) is 0 Å². The van der Waals surface area contributed by atoms with Crippen LogP contribution in [-0.4, -0.2) is 22.6 Å². The molecule has 0 fully saturated rings. The minimum absolute atomic E-state index is 0.0368. The molecule has 0 radical (unpaired) electrons. The Labute approximate surface area is 126 Å². The number of aromatic amines is 1. The van der Waals surface area contributed by atoms with E-state index in [1.165, 1.54) is 6.20 Å². The average Bonchev–Trinajstić information content (AvgIpc) is 2.50. The Balaban J connectivity index is 1.74. The number of anilines is 1. The highest BCUT2D eigenvalue weighted by Crippen LogP contribution is 2.13. The fraction of sp³-hybridized carbons (Fsp3) is 0.214. The predicted octanol–water partition coefficient (Wildman–Crippen LogP) is 1.54. The minimum Gasteiger partial charge on any atom is -0.382 e. The van der Waals surface area contributed by atoms with Crippen LogP contribution in [0.2, 0.25) is 5.02 Å². The summed E-state index contributed by atoms with van der Waals surface area (Å²) in [5.74, 6) is -0.0831. The first-order valence-electron chi connectivity index (χ1n) is 6.44. The van der Waals surface area contributed by atoms with E-state index in [1.807, 2.05) is 30.3 Å². The highest BCUT2D eigenvalue weighted by molar-refractivity contribution is 6.32. The summed E-state index contributed by atoms with van der Waals surface area (Å²) in [7, 11) is 0. The van der Waals surface area contributed by atoms with E-state index in [2.05, 4.69) is 20.8 Å². The number of carbonyl (C=O) groups excluding carboxylic acids is 1. The quantitative estimate of drug-likeness (QED) is 0.755. The van der Waals surface area contributed by atoms with Crippen molar-refractivity contribution in [2.24, 2.45) is 0 Å². The van der Waals surface area contributed by atoms with Gasteiger partial charge in [0, 0.05) is 19.5 Å². The Morgan fingerprint density at radius 2 is 2.05 bits per heavy atom. The van der Waals surface area contributed by atoms with Gasteiger partial charge >= 0.3 is 0 Å². The molecule has 0 aliphatic heterocycles. The molecule has 2 aromatic rings. The molecule has 1 aromatic heterocycles.